The van der Waals surface area contributed by atoms with Crippen LogP contribution in [0.5, 0.6) is 0 Å². The van der Waals surface area contributed by atoms with Crippen LogP contribution in [-0.2, 0) is 4.74 Å². The summed E-state index contributed by atoms with van der Waals surface area (Å²) in [5, 5.41) is 0. The molecule has 0 unspecified atom stereocenters. The van der Waals surface area contributed by atoms with Crippen LogP contribution in [0.4, 0.5) is 0 Å². The molecule has 48 valence electrons. The average Bonchev–Trinajstić information content (AvgIpc) is 1.41. The van der Waals surface area contributed by atoms with Gasteiger partial charge in [-0.3, -0.25) is 0 Å². The molecular formula is C4H12ClNaO2. The molecule has 0 fully saturated rings. The van der Waals surface area contributed by atoms with Crippen LogP contribution >= 0.6 is 0 Å². The molecule has 0 saturated heterocycles. The largest absolute Gasteiger partial charge is 1.00 e. The minimum absolute atomic E-state index is 0. The van der Waals surface area contributed by atoms with Gasteiger partial charge in [0, 0.05) is 13.2 Å². The number of rotatable bonds is 2. The summed E-state index contributed by atoms with van der Waals surface area (Å²) in [6, 6.07) is 0. The van der Waals surface area contributed by atoms with E-state index in [1.54, 1.807) is 0 Å². The Bertz CT molecular complexity index is 21.5. The van der Waals surface area contributed by atoms with E-state index >= 15 is 0 Å². The first-order chi connectivity index (χ1) is 2.41. The van der Waals surface area contributed by atoms with Crippen LogP contribution in [0.2, 0.25) is 0 Å². The summed E-state index contributed by atoms with van der Waals surface area (Å²) in [7, 11) is 0. The molecule has 0 heterocycles. The van der Waals surface area contributed by atoms with Gasteiger partial charge in [0.05, 0.1) is 0 Å². The average molecular weight is 151 g/mol. The summed E-state index contributed by atoms with van der Waals surface area (Å²) in [6.07, 6.45) is 0. The van der Waals surface area contributed by atoms with Gasteiger partial charge in [-0.05, 0) is 13.8 Å². The van der Waals surface area contributed by atoms with E-state index in [1.165, 1.54) is 0 Å². The molecule has 0 bridgehead atoms. The van der Waals surface area contributed by atoms with Crippen molar-refractivity contribution in [1.82, 2.24) is 0 Å². The smallest absolute Gasteiger partial charge is 1.00 e. The van der Waals surface area contributed by atoms with Crippen LogP contribution < -0.4 is 42.0 Å². The van der Waals surface area contributed by atoms with Crippen molar-refractivity contribution in [3.05, 3.63) is 0 Å². The summed E-state index contributed by atoms with van der Waals surface area (Å²) in [5.41, 5.74) is 0. The van der Waals surface area contributed by atoms with E-state index in [0.717, 1.165) is 13.2 Å². The predicted molar refractivity (Wildman–Crippen MR) is 25.8 cm³/mol. The minimum atomic E-state index is 0. The first kappa shape index (κ1) is 22.9. The Kier molecular flexibility index (Phi) is 68.8. The molecule has 0 aromatic rings. The van der Waals surface area contributed by atoms with Gasteiger partial charge >= 0.3 is 29.6 Å². The topological polar surface area (TPSA) is 40.7 Å². The zero-order valence-electron chi connectivity index (χ0n) is 5.70. The molecule has 0 aromatic heterocycles. The van der Waals surface area contributed by atoms with Gasteiger partial charge in [0.1, 0.15) is 0 Å². The van der Waals surface area contributed by atoms with Crippen molar-refractivity contribution in [2.45, 2.75) is 13.8 Å². The molecule has 4 heteroatoms. The molecule has 0 aliphatic rings. The van der Waals surface area contributed by atoms with E-state index in [0.29, 0.717) is 0 Å². The van der Waals surface area contributed by atoms with Gasteiger partial charge in [-0.1, -0.05) is 0 Å². The zero-order chi connectivity index (χ0) is 4.12. The van der Waals surface area contributed by atoms with Gasteiger partial charge < -0.3 is 22.6 Å². The third kappa shape index (κ3) is 27.0. The third-order valence-corrected chi connectivity index (χ3v) is 0.408. The van der Waals surface area contributed by atoms with Crippen LogP contribution in [0.25, 0.3) is 0 Å². The summed E-state index contributed by atoms with van der Waals surface area (Å²) in [6.45, 7) is 5.67. The molecule has 8 heavy (non-hydrogen) atoms. The van der Waals surface area contributed by atoms with E-state index in [4.69, 9.17) is 4.74 Å². The fourth-order valence-electron chi connectivity index (χ4n) is 0.204. The first-order valence-electron chi connectivity index (χ1n) is 1.99. The maximum atomic E-state index is 4.83. The van der Waals surface area contributed by atoms with E-state index in [1.807, 2.05) is 13.8 Å². The second kappa shape index (κ2) is 24.1. The fourth-order valence-corrected chi connectivity index (χ4v) is 0.204. The first-order valence-corrected chi connectivity index (χ1v) is 1.99. The quantitative estimate of drug-likeness (QED) is 0.362. The maximum Gasteiger partial charge on any atom is 1.00 e. The molecule has 2 N–H and O–H groups in total. The number of ether oxygens (including phenoxy) is 1. The molecule has 0 spiro atoms. The van der Waals surface area contributed by atoms with Crippen LogP contribution in [0.15, 0.2) is 0 Å². The van der Waals surface area contributed by atoms with Gasteiger partial charge in [-0.2, -0.15) is 0 Å². The Balaban J connectivity index is -0.0000000267. The molecule has 0 atom stereocenters. The summed E-state index contributed by atoms with van der Waals surface area (Å²) in [4.78, 5) is 0. The Morgan fingerprint density at radius 2 is 1.38 bits per heavy atom. The molecule has 0 saturated carbocycles. The maximum absolute atomic E-state index is 4.83. The summed E-state index contributed by atoms with van der Waals surface area (Å²) in [5.74, 6) is 0. The Morgan fingerprint density at radius 3 is 1.38 bits per heavy atom. The fraction of sp³-hybridized carbons (Fsp3) is 1.00. The van der Waals surface area contributed by atoms with Crippen molar-refractivity contribution >= 4 is 0 Å². The summed E-state index contributed by atoms with van der Waals surface area (Å²) >= 11 is 0. The minimum Gasteiger partial charge on any atom is -1.00 e. The Labute approximate surface area is 79.0 Å². The predicted octanol–water partition coefficient (Wildman–Crippen LogP) is -5.77. The van der Waals surface area contributed by atoms with Crippen molar-refractivity contribution in [1.29, 1.82) is 0 Å². The van der Waals surface area contributed by atoms with Crippen molar-refractivity contribution in [2.75, 3.05) is 13.2 Å². The molecule has 2 nitrogen and oxygen atoms in total. The van der Waals surface area contributed by atoms with E-state index in [2.05, 4.69) is 0 Å². The number of hydrogen-bond acceptors (Lipinski definition) is 1. The molecule has 0 radical (unpaired) electrons. The van der Waals surface area contributed by atoms with Gasteiger partial charge in [0.25, 0.3) is 0 Å². The normalized spacial score (nSPS) is 5.25. The second-order valence-electron chi connectivity index (χ2n) is 0.781. The van der Waals surface area contributed by atoms with Crippen molar-refractivity contribution in [3.8, 4) is 0 Å². The molecule has 0 aliphatic carbocycles. The Hall–Kier alpha value is 1.21. The Morgan fingerprint density at radius 1 is 1.12 bits per heavy atom. The second-order valence-corrected chi connectivity index (χ2v) is 0.781. The van der Waals surface area contributed by atoms with E-state index in [9.17, 15) is 0 Å². The van der Waals surface area contributed by atoms with Gasteiger partial charge in [-0.15, -0.1) is 0 Å². The van der Waals surface area contributed by atoms with Crippen LogP contribution in [-0.4, -0.2) is 18.7 Å². The van der Waals surface area contributed by atoms with E-state index < -0.39 is 0 Å². The van der Waals surface area contributed by atoms with Crippen LogP contribution in [0.3, 0.4) is 0 Å². The van der Waals surface area contributed by atoms with Gasteiger partial charge in [0.15, 0.2) is 0 Å². The van der Waals surface area contributed by atoms with Crippen LogP contribution in [0, 0.1) is 0 Å². The van der Waals surface area contributed by atoms with Gasteiger partial charge in [0.2, 0.25) is 0 Å². The third-order valence-electron chi connectivity index (χ3n) is 0.408. The molecular weight excluding hydrogens is 138 g/mol. The number of hydrogen-bond donors (Lipinski definition) is 0. The van der Waals surface area contributed by atoms with Gasteiger partial charge in [-0.25, -0.2) is 0 Å². The standard InChI is InChI=1S/C4H10O.ClH.Na.H2O/c1-3-5-4-2;;;/h3-4H2,1-2H3;1H;;1H2/q;;+1;/p-1. The molecule has 0 aromatic carbocycles. The summed E-state index contributed by atoms with van der Waals surface area (Å²) < 4.78 is 4.83. The molecule has 0 aliphatic heterocycles. The van der Waals surface area contributed by atoms with E-state index in [-0.39, 0.29) is 47.4 Å². The molecule has 0 amide bonds. The van der Waals surface area contributed by atoms with Crippen molar-refractivity contribution in [3.63, 3.8) is 0 Å². The van der Waals surface area contributed by atoms with Crippen LogP contribution in [0.1, 0.15) is 13.8 Å². The van der Waals surface area contributed by atoms with Crippen molar-refractivity contribution < 1.29 is 52.2 Å². The monoisotopic (exact) mass is 150 g/mol. The SMILES string of the molecule is CCOCC.O.[Cl-].[Na+]. The number of halogens is 1. The zero-order valence-corrected chi connectivity index (χ0v) is 8.46. The van der Waals surface area contributed by atoms with Crippen molar-refractivity contribution in [2.24, 2.45) is 0 Å². The molecule has 0 rings (SSSR count).